The van der Waals surface area contributed by atoms with Gasteiger partial charge in [0.2, 0.25) is 0 Å². The minimum absolute atomic E-state index is 0.283. The number of benzene rings is 1. The first-order valence-corrected chi connectivity index (χ1v) is 12.4. The molecule has 0 saturated carbocycles. The molecule has 0 aliphatic carbocycles. The van der Waals surface area contributed by atoms with Gasteiger partial charge in [-0.05, 0) is 58.8 Å². The van der Waals surface area contributed by atoms with Crippen LogP contribution in [-0.2, 0) is 18.1 Å². The zero-order chi connectivity index (χ0) is 19.4. The Morgan fingerprint density at radius 2 is 1.96 bits per heavy atom. The second-order valence-electron chi connectivity index (χ2n) is 5.68. The third-order valence-electron chi connectivity index (χ3n) is 3.88. The Morgan fingerprint density at radius 1 is 1.22 bits per heavy atom. The highest BCUT2D eigenvalue weighted by Crippen LogP contribution is 2.24. The standard InChI is InChI=1S/C17H16ClIN3O4P/c1-21-15-14(16(23)22(17(21)24)7-2-8-25-27-19)9-13(10-20-15)26-12-5-3-11(18)4-6-12/h3-6,9-10,27H,2,7-8H2,1H3. The summed E-state index contributed by atoms with van der Waals surface area (Å²) >= 11 is 8.00. The van der Waals surface area contributed by atoms with Crippen LogP contribution in [0.4, 0.5) is 0 Å². The molecule has 0 aliphatic heterocycles. The summed E-state index contributed by atoms with van der Waals surface area (Å²) < 4.78 is 13.6. The van der Waals surface area contributed by atoms with Crippen LogP contribution in [0.1, 0.15) is 6.42 Å². The third kappa shape index (κ3) is 4.68. The van der Waals surface area contributed by atoms with Crippen LogP contribution in [0.3, 0.4) is 0 Å². The minimum Gasteiger partial charge on any atom is -0.456 e. The average molecular weight is 520 g/mol. The molecule has 1 unspecified atom stereocenters. The molecule has 7 nitrogen and oxygen atoms in total. The van der Waals surface area contributed by atoms with Crippen molar-refractivity contribution < 1.29 is 9.26 Å². The minimum atomic E-state index is -0.400. The van der Waals surface area contributed by atoms with Crippen LogP contribution >= 0.6 is 40.1 Å². The molecule has 142 valence electrons. The second kappa shape index (κ2) is 9.14. The highest BCUT2D eigenvalue weighted by atomic mass is 127. The fourth-order valence-corrected chi connectivity index (χ4v) is 3.60. The lowest BCUT2D eigenvalue weighted by Crippen LogP contribution is -2.39. The Bertz CT molecular complexity index is 1070. The summed E-state index contributed by atoms with van der Waals surface area (Å²) in [5.41, 5.74) is -0.475. The molecule has 0 radical (unpaired) electrons. The van der Waals surface area contributed by atoms with Crippen molar-refractivity contribution >= 4 is 51.1 Å². The van der Waals surface area contributed by atoms with Crippen molar-refractivity contribution in [1.82, 2.24) is 14.1 Å². The number of fused-ring (bicyclic) bond motifs is 1. The van der Waals surface area contributed by atoms with Crippen LogP contribution < -0.4 is 16.0 Å². The lowest BCUT2D eigenvalue weighted by atomic mass is 10.3. The number of ether oxygens (including phenoxy) is 1. The molecule has 3 aromatic rings. The molecule has 0 saturated heterocycles. The van der Waals surface area contributed by atoms with E-state index in [0.717, 1.165) is 0 Å². The van der Waals surface area contributed by atoms with Gasteiger partial charge in [-0.2, -0.15) is 0 Å². The second-order valence-corrected chi connectivity index (χ2v) is 7.88. The summed E-state index contributed by atoms with van der Waals surface area (Å²) in [5, 5.41) is 0.921. The van der Waals surface area contributed by atoms with Gasteiger partial charge in [-0.1, -0.05) is 11.6 Å². The highest BCUT2D eigenvalue weighted by Gasteiger charge is 2.13. The molecule has 10 heteroatoms. The highest BCUT2D eigenvalue weighted by molar-refractivity contribution is 14.2. The predicted octanol–water partition coefficient (Wildman–Crippen LogP) is 3.89. The molecule has 0 fully saturated rings. The molecule has 3 rings (SSSR count). The first-order chi connectivity index (χ1) is 13.0. The lowest BCUT2D eigenvalue weighted by molar-refractivity contribution is 0.344. The number of aryl methyl sites for hydroxylation is 1. The maximum atomic E-state index is 12.8. The summed E-state index contributed by atoms with van der Waals surface area (Å²) in [6.07, 6.45) is 2.06. The quantitative estimate of drug-likeness (QED) is 0.269. The van der Waals surface area contributed by atoms with E-state index in [1.807, 2.05) is 0 Å². The first kappa shape index (κ1) is 20.3. The smallest absolute Gasteiger partial charge is 0.332 e. The van der Waals surface area contributed by atoms with E-state index < -0.39 is 5.69 Å². The molecule has 1 aromatic carbocycles. The van der Waals surface area contributed by atoms with Crippen molar-refractivity contribution in [2.24, 2.45) is 7.05 Å². The molecule has 0 bridgehead atoms. The average Bonchev–Trinajstić information content (AvgIpc) is 2.67. The zero-order valence-corrected chi connectivity index (χ0v) is 18.2. The number of rotatable bonds is 7. The van der Waals surface area contributed by atoms with E-state index in [-0.39, 0.29) is 12.1 Å². The predicted molar refractivity (Wildman–Crippen MR) is 116 cm³/mol. The van der Waals surface area contributed by atoms with Crippen molar-refractivity contribution in [3.63, 3.8) is 0 Å². The maximum Gasteiger partial charge on any atom is 0.332 e. The molecular formula is C17H16ClIN3O4P. The van der Waals surface area contributed by atoms with Crippen molar-refractivity contribution in [2.75, 3.05) is 6.61 Å². The van der Waals surface area contributed by atoms with Gasteiger partial charge >= 0.3 is 5.69 Å². The number of hydrogen-bond acceptors (Lipinski definition) is 5. The lowest BCUT2D eigenvalue weighted by Gasteiger charge is -2.11. The van der Waals surface area contributed by atoms with Crippen LogP contribution in [-0.4, -0.2) is 20.7 Å². The van der Waals surface area contributed by atoms with Gasteiger partial charge in [-0.3, -0.25) is 13.9 Å². The zero-order valence-electron chi connectivity index (χ0n) is 14.3. The van der Waals surface area contributed by atoms with E-state index in [4.69, 9.17) is 20.9 Å². The van der Waals surface area contributed by atoms with E-state index in [9.17, 15) is 9.59 Å². The summed E-state index contributed by atoms with van der Waals surface area (Å²) in [6.45, 7) is 1.13. The van der Waals surface area contributed by atoms with Gasteiger partial charge in [0.1, 0.15) is 17.1 Å². The summed E-state index contributed by atoms with van der Waals surface area (Å²) in [5.74, 6) is 0.976. The Kier molecular flexibility index (Phi) is 6.86. The number of nitrogens with zero attached hydrogens (tertiary/aromatic N) is 3. The van der Waals surface area contributed by atoms with Crippen molar-refractivity contribution in [2.45, 2.75) is 13.0 Å². The summed E-state index contributed by atoms with van der Waals surface area (Å²) in [7, 11) is 1.59. The van der Waals surface area contributed by atoms with Crippen LogP contribution in [0.25, 0.3) is 11.0 Å². The number of halogens is 2. The van der Waals surface area contributed by atoms with Gasteiger partial charge in [0, 0.05) is 18.6 Å². The van der Waals surface area contributed by atoms with Gasteiger partial charge in [0.05, 0.1) is 24.6 Å². The fourth-order valence-electron chi connectivity index (χ4n) is 2.59. The Hall–Kier alpha value is -1.48. The molecule has 2 heterocycles. The van der Waals surface area contributed by atoms with Gasteiger partial charge in [0.15, 0.2) is 0 Å². The molecule has 0 N–H and O–H groups in total. The van der Waals surface area contributed by atoms with Gasteiger partial charge in [-0.15, -0.1) is 0 Å². The topological polar surface area (TPSA) is 75.3 Å². The normalized spacial score (nSPS) is 11.5. The summed E-state index contributed by atoms with van der Waals surface area (Å²) in [4.78, 5) is 29.5. The van der Waals surface area contributed by atoms with Gasteiger partial charge < -0.3 is 9.26 Å². The molecular weight excluding hydrogens is 504 g/mol. The Balaban J connectivity index is 1.97. The van der Waals surface area contributed by atoms with Crippen LogP contribution in [0.15, 0.2) is 46.1 Å². The monoisotopic (exact) mass is 519 g/mol. The Labute approximate surface area is 174 Å². The first-order valence-electron chi connectivity index (χ1n) is 8.01. The van der Waals surface area contributed by atoms with Crippen LogP contribution in [0.5, 0.6) is 11.5 Å². The summed E-state index contributed by atoms with van der Waals surface area (Å²) in [6, 6.07) is 8.46. The molecule has 1 atom stereocenters. The molecule has 0 amide bonds. The number of hydrogen-bond donors (Lipinski definition) is 0. The maximum absolute atomic E-state index is 12.8. The van der Waals surface area contributed by atoms with Crippen LogP contribution in [0, 0.1) is 0 Å². The van der Waals surface area contributed by atoms with E-state index in [2.05, 4.69) is 27.0 Å². The van der Waals surface area contributed by atoms with Crippen LogP contribution in [0.2, 0.25) is 5.02 Å². The number of aromatic nitrogens is 3. The van der Waals surface area contributed by atoms with Crippen molar-refractivity contribution in [3.05, 3.63) is 62.4 Å². The molecule has 27 heavy (non-hydrogen) atoms. The SMILES string of the molecule is Cn1c(=O)n(CCCOPI)c(=O)c2cc(Oc3ccc(Cl)cc3)cnc21. The van der Waals surface area contributed by atoms with Crippen molar-refractivity contribution in [1.29, 1.82) is 0 Å². The van der Waals surface area contributed by atoms with E-state index >= 15 is 0 Å². The van der Waals surface area contributed by atoms with E-state index in [0.29, 0.717) is 47.0 Å². The van der Waals surface area contributed by atoms with Gasteiger partial charge in [0.25, 0.3) is 5.56 Å². The molecule has 2 aromatic heterocycles. The fraction of sp³-hybridized carbons (Fsp3) is 0.235. The third-order valence-corrected chi connectivity index (χ3v) is 5.38. The molecule has 0 spiro atoms. The van der Waals surface area contributed by atoms with E-state index in [1.165, 1.54) is 15.3 Å². The van der Waals surface area contributed by atoms with Crippen molar-refractivity contribution in [3.8, 4) is 11.5 Å². The largest absolute Gasteiger partial charge is 0.456 e. The number of pyridine rings is 1. The van der Waals surface area contributed by atoms with E-state index in [1.54, 1.807) is 37.4 Å². The van der Waals surface area contributed by atoms with Gasteiger partial charge in [-0.25, -0.2) is 9.78 Å². The Morgan fingerprint density at radius 3 is 2.67 bits per heavy atom. The molecule has 0 aliphatic rings.